The molecule has 3 N–H and O–H groups in total. The molecule has 2 aliphatic carbocycles. The fourth-order valence-electron chi connectivity index (χ4n) is 3.83. The molecular formula is C19H31NO5. The Morgan fingerprint density at radius 2 is 2.12 bits per heavy atom. The van der Waals surface area contributed by atoms with Crippen LogP contribution in [0.1, 0.15) is 58.3 Å². The van der Waals surface area contributed by atoms with E-state index in [4.69, 9.17) is 9.94 Å². The topological polar surface area (TPSA) is 99.4 Å². The molecule has 0 saturated heterocycles. The van der Waals surface area contributed by atoms with Crippen molar-refractivity contribution in [2.75, 3.05) is 6.61 Å². The van der Waals surface area contributed by atoms with E-state index in [9.17, 15) is 15.0 Å². The molecule has 0 aromatic carbocycles. The Labute approximate surface area is 149 Å². The molecule has 25 heavy (non-hydrogen) atoms. The van der Waals surface area contributed by atoms with Gasteiger partial charge >= 0.3 is 5.97 Å². The number of aliphatic hydroxyl groups is 2. The van der Waals surface area contributed by atoms with Gasteiger partial charge in [-0.15, -0.1) is 0 Å². The Hall–Kier alpha value is -1.40. The number of carbonyl (C=O) groups is 1. The molecule has 2 rings (SSSR count). The van der Waals surface area contributed by atoms with Gasteiger partial charge in [0.2, 0.25) is 6.61 Å². The predicted octanol–water partition coefficient (Wildman–Crippen LogP) is 2.74. The first-order valence-electron chi connectivity index (χ1n) is 9.47. The van der Waals surface area contributed by atoms with Crippen LogP contribution in [0.4, 0.5) is 0 Å². The summed E-state index contributed by atoms with van der Waals surface area (Å²) in [4.78, 5) is 15.2. The van der Waals surface area contributed by atoms with Gasteiger partial charge in [-0.3, -0.25) is 0 Å². The lowest BCUT2D eigenvalue weighted by Gasteiger charge is -2.33. The van der Waals surface area contributed by atoms with Gasteiger partial charge in [0.1, 0.15) is 0 Å². The number of aliphatic hydroxyl groups excluding tert-OH is 2. The number of fused-ring (bicyclic) bond motifs is 1. The summed E-state index contributed by atoms with van der Waals surface area (Å²) in [6.07, 6.45) is 11.0. The summed E-state index contributed by atoms with van der Waals surface area (Å²) in [6.45, 7) is 1.75. The van der Waals surface area contributed by atoms with E-state index in [-0.39, 0.29) is 17.8 Å². The standard InChI is InChI=1S/C19H31NO5/c1-2-3-4-5-6-7-14(21)9-8-13-10-15-16(19(13)24)11-17(15)20-25-12-18(22)23/h8-9,13-16,19,21,24H,2-7,10-12H2,1H3,(H,22,23)/t13?,14?,15-,16+,19?/m0/s1. The van der Waals surface area contributed by atoms with Crippen LogP contribution in [0.15, 0.2) is 17.3 Å². The Kier molecular flexibility index (Phi) is 7.90. The molecule has 0 spiro atoms. The van der Waals surface area contributed by atoms with Gasteiger partial charge in [0.05, 0.1) is 17.9 Å². The normalized spacial score (nSPS) is 31.1. The van der Waals surface area contributed by atoms with Gasteiger partial charge in [-0.25, -0.2) is 4.79 Å². The summed E-state index contributed by atoms with van der Waals surface area (Å²) < 4.78 is 0. The minimum absolute atomic E-state index is 0.0249. The summed E-state index contributed by atoms with van der Waals surface area (Å²) in [7, 11) is 0. The summed E-state index contributed by atoms with van der Waals surface area (Å²) >= 11 is 0. The highest BCUT2D eigenvalue weighted by Gasteiger charge is 2.51. The first-order chi connectivity index (χ1) is 12.0. The quantitative estimate of drug-likeness (QED) is 0.301. The lowest BCUT2D eigenvalue weighted by molar-refractivity contribution is -0.142. The number of nitrogens with zero attached hydrogens (tertiary/aromatic N) is 1. The monoisotopic (exact) mass is 353 g/mol. The van der Waals surface area contributed by atoms with Crippen LogP contribution in [0.5, 0.6) is 0 Å². The van der Waals surface area contributed by atoms with Crippen molar-refractivity contribution in [2.24, 2.45) is 22.9 Å². The molecule has 6 nitrogen and oxygen atoms in total. The minimum Gasteiger partial charge on any atom is -0.479 e. The third-order valence-corrected chi connectivity index (χ3v) is 5.35. The Morgan fingerprint density at radius 1 is 1.36 bits per heavy atom. The van der Waals surface area contributed by atoms with Crippen molar-refractivity contribution in [3.8, 4) is 0 Å². The van der Waals surface area contributed by atoms with E-state index in [2.05, 4.69) is 12.1 Å². The van der Waals surface area contributed by atoms with Crippen molar-refractivity contribution in [1.82, 2.24) is 0 Å². The largest absolute Gasteiger partial charge is 0.479 e. The van der Waals surface area contributed by atoms with Gasteiger partial charge in [-0.05, 0) is 25.2 Å². The molecule has 0 aliphatic heterocycles. The first kappa shape index (κ1) is 19.9. The van der Waals surface area contributed by atoms with Gasteiger partial charge in [0.25, 0.3) is 0 Å². The zero-order valence-corrected chi connectivity index (χ0v) is 15.0. The molecule has 0 radical (unpaired) electrons. The average Bonchev–Trinajstić information content (AvgIpc) is 2.80. The highest BCUT2D eigenvalue weighted by Crippen LogP contribution is 2.48. The summed E-state index contributed by atoms with van der Waals surface area (Å²) in [5.41, 5.74) is 0.845. The molecular weight excluding hydrogens is 322 g/mol. The minimum atomic E-state index is -1.05. The molecule has 0 aromatic heterocycles. The van der Waals surface area contributed by atoms with Crippen molar-refractivity contribution >= 4 is 11.7 Å². The summed E-state index contributed by atoms with van der Waals surface area (Å²) in [5.74, 6) is -0.675. The third kappa shape index (κ3) is 5.82. The molecule has 0 aromatic rings. The Bertz CT molecular complexity index is 490. The fourth-order valence-corrected chi connectivity index (χ4v) is 3.83. The molecule has 6 heteroatoms. The second-order valence-electron chi connectivity index (χ2n) is 7.27. The highest BCUT2D eigenvalue weighted by molar-refractivity contribution is 5.93. The maximum absolute atomic E-state index is 10.4. The number of aliphatic carboxylic acids is 1. The average molecular weight is 353 g/mol. The van der Waals surface area contributed by atoms with Crippen LogP contribution in [-0.2, 0) is 9.63 Å². The third-order valence-electron chi connectivity index (χ3n) is 5.35. The number of unbranched alkanes of at least 4 members (excludes halogenated alkanes) is 4. The maximum Gasteiger partial charge on any atom is 0.344 e. The molecule has 3 unspecified atom stereocenters. The van der Waals surface area contributed by atoms with Crippen molar-refractivity contribution in [1.29, 1.82) is 0 Å². The molecule has 0 heterocycles. The van der Waals surface area contributed by atoms with Crippen LogP contribution in [0.3, 0.4) is 0 Å². The van der Waals surface area contributed by atoms with Crippen LogP contribution < -0.4 is 0 Å². The SMILES string of the molecule is CCCCCCCC(O)C=CC1C[C@@H]2C(=NOCC(=O)O)C[C@H]2C1O. The van der Waals surface area contributed by atoms with Gasteiger partial charge in [-0.1, -0.05) is 56.3 Å². The van der Waals surface area contributed by atoms with Crippen molar-refractivity contribution in [3.05, 3.63) is 12.2 Å². The van der Waals surface area contributed by atoms with E-state index in [1.54, 1.807) is 0 Å². The second-order valence-corrected chi connectivity index (χ2v) is 7.27. The van der Waals surface area contributed by atoms with E-state index in [1.807, 2.05) is 12.2 Å². The van der Waals surface area contributed by atoms with E-state index in [1.165, 1.54) is 19.3 Å². The van der Waals surface area contributed by atoms with Crippen molar-refractivity contribution < 1.29 is 25.0 Å². The molecule has 142 valence electrons. The van der Waals surface area contributed by atoms with E-state index in [0.29, 0.717) is 6.42 Å². The zero-order valence-electron chi connectivity index (χ0n) is 15.0. The first-order valence-corrected chi connectivity index (χ1v) is 9.47. The number of carboxylic acids is 1. The van der Waals surface area contributed by atoms with Crippen LogP contribution >= 0.6 is 0 Å². The van der Waals surface area contributed by atoms with E-state index in [0.717, 1.165) is 31.4 Å². The second kappa shape index (κ2) is 9.92. The number of carboxylic acid groups (broad SMARTS) is 1. The summed E-state index contributed by atoms with van der Waals surface area (Å²) in [5, 5.41) is 32.9. The van der Waals surface area contributed by atoms with Crippen LogP contribution in [0, 0.1) is 17.8 Å². The molecule has 5 atom stereocenters. The van der Waals surface area contributed by atoms with Crippen molar-refractivity contribution in [2.45, 2.75) is 70.5 Å². The number of oxime groups is 1. The maximum atomic E-state index is 10.4. The lowest BCUT2D eigenvalue weighted by atomic mass is 9.73. The summed E-state index contributed by atoms with van der Waals surface area (Å²) in [6, 6.07) is 0. The number of hydrogen-bond donors (Lipinski definition) is 3. The number of rotatable bonds is 11. The smallest absolute Gasteiger partial charge is 0.344 e. The molecule has 0 bridgehead atoms. The van der Waals surface area contributed by atoms with E-state index >= 15 is 0 Å². The fraction of sp³-hybridized carbons (Fsp3) is 0.789. The number of hydrogen-bond acceptors (Lipinski definition) is 5. The van der Waals surface area contributed by atoms with Gasteiger partial charge in [0.15, 0.2) is 0 Å². The van der Waals surface area contributed by atoms with E-state index < -0.39 is 24.8 Å². The van der Waals surface area contributed by atoms with Crippen LogP contribution in [-0.4, -0.2) is 45.8 Å². The Balaban J connectivity index is 1.72. The molecule has 2 fully saturated rings. The highest BCUT2D eigenvalue weighted by atomic mass is 16.6. The Morgan fingerprint density at radius 3 is 2.84 bits per heavy atom. The van der Waals surface area contributed by atoms with Gasteiger partial charge in [-0.2, -0.15) is 0 Å². The zero-order chi connectivity index (χ0) is 18.2. The van der Waals surface area contributed by atoms with Gasteiger partial charge in [0, 0.05) is 11.8 Å². The van der Waals surface area contributed by atoms with Crippen LogP contribution in [0.2, 0.25) is 0 Å². The molecule has 2 saturated carbocycles. The lowest BCUT2D eigenvalue weighted by Crippen LogP contribution is -2.38. The van der Waals surface area contributed by atoms with Gasteiger partial charge < -0.3 is 20.2 Å². The molecule has 2 aliphatic rings. The van der Waals surface area contributed by atoms with Crippen LogP contribution in [0.25, 0.3) is 0 Å². The molecule has 0 amide bonds. The predicted molar refractivity (Wildman–Crippen MR) is 95.3 cm³/mol. The van der Waals surface area contributed by atoms with Crippen molar-refractivity contribution in [3.63, 3.8) is 0 Å².